The summed E-state index contributed by atoms with van der Waals surface area (Å²) in [5.74, 6) is -0.281. The molecule has 1 N–H and O–H groups in total. The molecule has 0 aromatic heterocycles. The minimum Gasteiger partial charge on any atom is -0.497 e. The number of hydrogen-bond acceptors (Lipinski definition) is 8. The standard InChI is InChI=1S/C46H54N4O8Si/c1-32-44(59(3,4)38-21-19-37(57-2)20-22-38)41(29-43(53)47(25-26-51)30-33-13-8-7-9-14-33)58-46(32)39-28-36(50(55)56)18-23-40(39)49(45(46)54)31-34-15-12-16-35(27-34)48-24-11-6-5-10-17-42(48)52/h7-9,12-16,18-23,27-28,32,41,44,51H,5-6,10-11,17,24-26,29-31H2,1-4H3/t32-,41+,44-,46+/m1/s1. The molecule has 0 unspecified atom stereocenters. The zero-order valence-corrected chi connectivity index (χ0v) is 35.3. The van der Waals surface area contributed by atoms with E-state index in [9.17, 15) is 24.8 Å². The average molecular weight is 819 g/mol. The highest BCUT2D eigenvalue weighted by atomic mass is 28.3. The summed E-state index contributed by atoms with van der Waals surface area (Å²) in [5, 5.41) is 23.4. The molecule has 59 heavy (non-hydrogen) atoms. The molecular weight excluding hydrogens is 765 g/mol. The average Bonchev–Trinajstić information content (AvgIpc) is 3.65. The highest BCUT2D eigenvalue weighted by Gasteiger charge is 2.66. The van der Waals surface area contributed by atoms with Crippen molar-refractivity contribution >= 4 is 48.0 Å². The van der Waals surface area contributed by atoms with Crippen LogP contribution >= 0.6 is 0 Å². The van der Waals surface area contributed by atoms with Gasteiger partial charge >= 0.3 is 0 Å². The lowest BCUT2D eigenvalue weighted by molar-refractivity contribution is -0.385. The molecule has 7 rings (SSSR count). The Kier molecular flexibility index (Phi) is 12.4. The van der Waals surface area contributed by atoms with Crippen LogP contribution in [0.5, 0.6) is 5.75 Å². The second-order valence-corrected chi connectivity index (χ2v) is 21.3. The van der Waals surface area contributed by atoms with Gasteiger partial charge in [0.25, 0.3) is 11.6 Å². The highest BCUT2D eigenvalue weighted by molar-refractivity contribution is 6.91. The van der Waals surface area contributed by atoms with E-state index in [1.165, 1.54) is 12.1 Å². The van der Waals surface area contributed by atoms with Crippen LogP contribution in [-0.2, 0) is 37.8 Å². The third-order valence-corrected chi connectivity index (χ3v) is 17.1. The number of amides is 3. The zero-order valence-electron chi connectivity index (χ0n) is 34.3. The van der Waals surface area contributed by atoms with E-state index in [-0.39, 0.29) is 55.1 Å². The Hall–Kier alpha value is -5.37. The van der Waals surface area contributed by atoms with Gasteiger partial charge in [0.15, 0.2) is 5.60 Å². The maximum atomic E-state index is 15.4. The number of methoxy groups -OCH3 is 1. The number of rotatable bonds is 13. The van der Waals surface area contributed by atoms with Crippen LogP contribution in [-0.4, -0.2) is 73.6 Å². The summed E-state index contributed by atoms with van der Waals surface area (Å²) < 4.78 is 12.6. The van der Waals surface area contributed by atoms with Crippen LogP contribution in [0.2, 0.25) is 18.6 Å². The molecule has 3 aliphatic rings. The monoisotopic (exact) mass is 818 g/mol. The number of carbonyl (C=O) groups is 3. The molecule has 3 amide bonds. The van der Waals surface area contributed by atoms with Gasteiger partial charge in [0.2, 0.25) is 11.8 Å². The van der Waals surface area contributed by atoms with Gasteiger partial charge in [0.1, 0.15) is 5.75 Å². The zero-order chi connectivity index (χ0) is 41.9. The summed E-state index contributed by atoms with van der Waals surface area (Å²) in [7, 11) is -1.05. The molecule has 0 aliphatic carbocycles. The fourth-order valence-electron chi connectivity index (χ4n) is 9.73. The SMILES string of the molecule is COc1ccc([Si](C)(C)[C@H]2[C@H](CC(=O)N(CCO)Cc3ccccc3)O[C@@]3(C(=O)N(Cc4cccc(N5CCCCCCC5=O)c4)c4ccc([N+](=O)[O-])cc43)[C@@H]2C)cc1. The van der Waals surface area contributed by atoms with E-state index in [1.807, 2.05) is 90.7 Å². The van der Waals surface area contributed by atoms with E-state index in [0.29, 0.717) is 36.5 Å². The molecule has 0 radical (unpaired) electrons. The molecular formula is C46H54N4O8Si. The summed E-state index contributed by atoms with van der Waals surface area (Å²) >= 11 is 0. The van der Waals surface area contributed by atoms with E-state index >= 15 is 4.79 Å². The van der Waals surface area contributed by atoms with E-state index < -0.39 is 30.6 Å². The number of aliphatic hydroxyl groups is 1. The summed E-state index contributed by atoms with van der Waals surface area (Å²) in [4.78, 5) is 60.0. The number of nitro groups is 1. The minimum atomic E-state index is -2.66. The topological polar surface area (TPSA) is 143 Å². The van der Waals surface area contributed by atoms with Crippen LogP contribution in [0.15, 0.2) is 97.1 Å². The lowest BCUT2D eigenvalue weighted by atomic mass is 9.82. The summed E-state index contributed by atoms with van der Waals surface area (Å²) in [6, 6.07) is 29.7. The molecule has 1 spiro atoms. The molecule has 12 nitrogen and oxygen atoms in total. The van der Waals surface area contributed by atoms with Crippen LogP contribution in [0.1, 0.15) is 62.1 Å². The first kappa shape index (κ1) is 41.8. The molecule has 3 aliphatic heterocycles. The van der Waals surface area contributed by atoms with E-state index in [1.54, 1.807) is 23.0 Å². The second-order valence-electron chi connectivity index (χ2n) is 16.6. The molecule has 2 fully saturated rings. The lowest BCUT2D eigenvalue weighted by Crippen LogP contribution is -2.52. The van der Waals surface area contributed by atoms with Crippen molar-refractivity contribution in [2.75, 3.05) is 36.6 Å². The van der Waals surface area contributed by atoms with Crippen molar-refractivity contribution in [1.82, 2.24) is 4.90 Å². The number of benzene rings is 4. The van der Waals surface area contributed by atoms with Gasteiger partial charge in [-0.1, -0.05) is 92.6 Å². The maximum Gasteiger partial charge on any atom is 0.269 e. The Morgan fingerprint density at radius 2 is 1.69 bits per heavy atom. The van der Waals surface area contributed by atoms with Gasteiger partial charge in [0.05, 0.1) is 51.5 Å². The van der Waals surface area contributed by atoms with Crippen LogP contribution in [0.4, 0.5) is 17.1 Å². The van der Waals surface area contributed by atoms with E-state index in [2.05, 4.69) is 13.1 Å². The molecule has 3 heterocycles. The molecule has 4 atom stereocenters. The van der Waals surface area contributed by atoms with Crippen LogP contribution in [0.3, 0.4) is 0 Å². The number of nitro benzene ring substituents is 1. The van der Waals surface area contributed by atoms with E-state index in [4.69, 9.17) is 9.47 Å². The first-order valence-electron chi connectivity index (χ1n) is 20.6. The van der Waals surface area contributed by atoms with Gasteiger partial charge < -0.3 is 29.3 Å². The van der Waals surface area contributed by atoms with Crippen LogP contribution in [0.25, 0.3) is 0 Å². The van der Waals surface area contributed by atoms with Crippen molar-refractivity contribution in [2.24, 2.45) is 5.92 Å². The fourth-order valence-corrected chi connectivity index (χ4v) is 13.7. The number of hydrogen-bond donors (Lipinski definition) is 1. The van der Waals surface area contributed by atoms with Crippen LogP contribution < -0.4 is 19.7 Å². The molecule has 13 heteroatoms. The minimum absolute atomic E-state index is 0.0559. The molecule has 0 bridgehead atoms. The largest absolute Gasteiger partial charge is 0.497 e. The van der Waals surface area contributed by atoms with Crippen LogP contribution in [0, 0.1) is 16.0 Å². The number of aliphatic hydroxyl groups excluding tert-OH is 1. The number of non-ortho nitro benzene ring substituents is 1. The molecule has 0 saturated carbocycles. The molecule has 4 aromatic rings. The van der Waals surface area contributed by atoms with Crippen molar-refractivity contribution in [1.29, 1.82) is 0 Å². The number of ether oxygens (including phenoxy) is 2. The van der Waals surface area contributed by atoms with Gasteiger partial charge in [-0.2, -0.15) is 0 Å². The summed E-state index contributed by atoms with van der Waals surface area (Å²) in [6.45, 7) is 7.38. The van der Waals surface area contributed by atoms with Gasteiger partial charge in [-0.25, -0.2) is 0 Å². The predicted molar refractivity (Wildman–Crippen MR) is 229 cm³/mol. The van der Waals surface area contributed by atoms with Crippen molar-refractivity contribution < 1.29 is 33.9 Å². The number of nitrogens with zero attached hydrogens (tertiary/aromatic N) is 4. The quantitative estimate of drug-likeness (QED) is 0.0858. The Morgan fingerprint density at radius 3 is 2.41 bits per heavy atom. The molecule has 4 aromatic carbocycles. The fraction of sp³-hybridized carbons (Fsp3) is 0.413. The van der Waals surface area contributed by atoms with Gasteiger partial charge in [-0.3, -0.25) is 24.5 Å². The van der Waals surface area contributed by atoms with Gasteiger partial charge in [-0.05, 0) is 59.8 Å². The lowest BCUT2D eigenvalue weighted by Gasteiger charge is -2.37. The maximum absolute atomic E-state index is 15.4. The number of anilines is 2. The third kappa shape index (κ3) is 8.15. The number of carbonyl (C=O) groups excluding carboxylic acids is 3. The smallest absolute Gasteiger partial charge is 0.269 e. The Bertz CT molecular complexity index is 2180. The van der Waals surface area contributed by atoms with Crippen molar-refractivity contribution in [3.05, 3.63) is 124 Å². The molecule has 2 saturated heterocycles. The Morgan fingerprint density at radius 1 is 0.966 bits per heavy atom. The van der Waals surface area contributed by atoms with Crippen molar-refractivity contribution in [3.63, 3.8) is 0 Å². The second kappa shape index (κ2) is 17.5. The Balaban J connectivity index is 1.29. The first-order chi connectivity index (χ1) is 28.4. The number of fused-ring (bicyclic) bond motifs is 2. The van der Waals surface area contributed by atoms with Crippen molar-refractivity contribution in [2.45, 2.75) is 88.9 Å². The predicted octanol–water partition coefficient (Wildman–Crippen LogP) is 7.07. The first-order valence-corrected chi connectivity index (χ1v) is 23.7. The third-order valence-electron chi connectivity index (χ3n) is 12.7. The summed E-state index contributed by atoms with van der Waals surface area (Å²) in [6.07, 6.45) is 3.57. The van der Waals surface area contributed by atoms with Crippen molar-refractivity contribution in [3.8, 4) is 5.75 Å². The normalized spacial score (nSPS) is 21.9. The highest BCUT2D eigenvalue weighted by Crippen LogP contribution is 2.60. The Labute approximate surface area is 346 Å². The van der Waals surface area contributed by atoms with Gasteiger partial charge in [-0.15, -0.1) is 0 Å². The summed E-state index contributed by atoms with van der Waals surface area (Å²) in [5.41, 5.74) is 1.32. The van der Waals surface area contributed by atoms with Gasteiger partial charge in [0, 0.05) is 55.4 Å². The van der Waals surface area contributed by atoms with E-state index in [0.717, 1.165) is 47.7 Å². The molecule has 310 valence electrons.